The van der Waals surface area contributed by atoms with Crippen LogP contribution in [0.1, 0.15) is 30.2 Å². The summed E-state index contributed by atoms with van der Waals surface area (Å²) < 4.78 is 8.94. The molecule has 0 aromatic carbocycles. The lowest BCUT2D eigenvalue weighted by Crippen LogP contribution is -2.01. The molecule has 5 nitrogen and oxygen atoms in total. The normalized spacial score (nSPS) is 10.7. The Morgan fingerprint density at radius 1 is 1.46 bits per heavy atom. The minimum absolute atomic E-state index is 0.104. The van der Waals surface area contributed by atoms with Crippen LogP contribution in [-0.4, -0.2) is 11.1 Å². The van der Waals surface area contributed by atoms with Crippen molar-refractivity contribution in [2.75, 3.05) is 0 Å². The smallest absolute Gasteiger partial charge is 0.475 e. The van der Waals surface area contributed by atoms with Gasteiger partial charge < -0.3 is 13.9 Å². The van der Waals surface area contributed by atoms with E-state index in [2.05, 4.69) is 8.83 Å². The molecule has 0 aliphatic heterocycles. The highest BCUT2D eigenvalue weighted by Gasteiger charge is 2.20. The summed E-state index contributed by atoms with van der Waals surface area (Å²) in [7, 11) is 0. The van der Waals surface area contributed by atoms with Crippen LogP contribution in [0.4, 0.5) is 0 Å². The topological polar surface area (TPSA) is 80.7 Å². The molecular weight excluding hydrogens is 176 g/mol. The summed E-state index contributed by atoms with van der Waals surface area (Å²) in [6, 6.07) is 0. The zero-order valence-electron chi connectivity index (χ0n) is 7.36. The van der Waals surface area contributed by atoms with Crippen molar-refractivity contribution in [1.82, 2.24) is 0 Å². The van der Waals surface area contributed by atoms with Crippen LogP contribution >= 0.6 is 0 Å². The van der Waals surface area contributed by atoms with E-state index in [0.29, 0.717) is 6.42 Å². The van der Waals surface area contributed by atoms with E-state index in [0.717, 1.165) is 0 Å². The SMILES string of the molecule is CC(C)Cc1oc(=O)oc1C(=O)O. The second-order valence-corrected chi connectivity index (χ2v) is 3.11. The third-order valence-electron chi connectivity index (χ3n) is 1.43. The van der Waals surface area contributed by atoms with E-state index >= 15 is 0 Å². The molecule has 1 aromatic rings. The zero-order chi connectivity index (χ0) is 10.0. The van der Waals surface area contributed by atoms with Crippen LogP contribution in [0.3, 0.4) is 0 Å². The summed E-state index contributed by atoms with van der Waals surface area (Å²) in [4.78, 5) is 21.1. The molecule has 0 atom stereocenters. The second kappa shape index (κ2) is 3.47. The van der Waals surface area contributed by atoms with Crippen LogP contribution < -0.4 is 5.82 Å². The number of aromatic carboxylic acids is 1. The standard InChI is InChI=1S/C8H10O5/c1-4(2)3-5-6(7(9)10)13-8(11)12-5/h4H,3H2,1-2H3,(H,9,10). The number of rotatable bonds is 3. The van der Waals surface area contributed by atoms with Crippen molar-refractivity contribution in [2.24, 2.45) is 5.92 Å². The Bertz CT molecular complexity index is 357. The summed E-state index contributed by atoms with van der Waals surface area (Å²) in [5.74, 6) is -2.32. The van der Waals surface area contributed by atoms with E-state index in [9.17, 15) is 9.59 Å². The van der Waals surface area contributed by atoms with Crippen LogP contribution in [-0.2, 0) is 6.42 Å². The summed E-state index contributed by atoms with van der Waals surface area (Å²) in [6.07, 6.45) is 0.382. The van der Waals surface area contributed by atoms with Crippen molar-refractivity contribution in [3.05, 3.63) is 22.1 Å². The Morgan fingerprint density at radius 3 is 2.54 bits per heavy atom. The largest absolute Gasteiger partial charge is 0.519 e. The van der Waals surface area contributed by atoms with E-state index in [1.165, 1.54) is 0 Å². The summed E-state index contributed by atoms with van der Waals surface area (Å²) in [5, 5.41) is 8.60. The van der Waals surface area contributed by atoms with E-state index in [1.54, 1.807) is 0 Å². The lowest BCUT2D eigenvalue weighted by atomic mass is 10.1. The third kappa shape index (κ3) is 2.21. The highest BCUT2D eigenvalue weighted by molar-refractivity contribution is 5.85. The lowest BCUT2D eigenvalue weighted by molar-refractivity contribution is 0.0658. The van der Waals surface area contributed by atoms with Gasteiger partial charge in [0.25, 0.3) is 5.76 Å². The van der Waals surface area contributed by atoms with Gasteiger partial charge in [-0.15, -0.1) is 0 Å². The summed E-state index contributed by atoms with van der Waals surface area (Å²) in [6.45, 7) is 3.78. The molecule has 0 radical (unpaired) electrons. The molecule has 72 valence electrons. The first-order valence-electron chi connectivity index (χ1n) is 3.86. The molecule has 1 N–H and O–H groups in total. The maximum Gasteiger partial charge on any atom is 0.519 e. The maximum atomic E-state index is 10.6. The van der Waals surface area contributed by atoms with Gasteiger partial charge in [-0.1, -0.05) is 13.8 Å². The molecule has 13 heavy (non-hydrogen) atoms. The number of carbonyl (C=O) groups is 1. The molecule has 1 heterocycles. The van der Waals surface area contributed by atoms with Crippen LogP contribution in [0.15, 0.2) is 13.6 Å². The van der Waals surface area contributed by atoms with Crippen molar-refractivity contribution >= 4 is 5.97 Å². The Hall–Kier alpha value is -1.52. The first-order valence-corrected chi connectivity index (χ1v) is 3.86. The van der Waals surface area contributed by atoms with Gasteiger partial charge in [0, 0.05) is 6.42 Å². The highest BCUT2D eigenvalue weighted by Crippen LogP contribution is 2.12. The van der Waals surface area contributed by atoms with Gasteiger partial charge in [-0.25, -0.2) is 9.59 Å². The Kier molecular flexibility index (Phi) is 2.55. The number of carboxylic acid groups (broad SMARTS) is 1. The molecule has 5 heteroatoms. The molecule has 0 aliphatic rings. The average Bonchev–Trinajstić information content (AvgIpc) is 2.29. The Labute approximate surface area is 74.0 Å². The molecular formula is C8H10O5. The Morgan fingerprint density at radius 2 is 2.08 bits per heavy atom. The minimum Gasteiger partial charge on any atom is -0.475 e. The van der Waals surface area contributed by atoms with Gasteiger partial charge in [0.1, 0.15) is 0 Å². The summed E-state index contributed by atoms with van der Waals surface area (Å²) in [5.41, 5.74) is 0. The number of carboxylic acids is 1. The fourth-order valence-electron chi connectivity index (χ4n) is 0.976. The van der Waals surface area contributed by atoms with Crippen molar-refractivity contribution in [3.8, 4) is 0 Å². The zero-order valence-corrected chi connectivity index (χ0v) is 7.36. The Balaban J connectivity index is 3.04. The first kappa shape index (κ1) is 9.57. The first-order chi connectivity index (χ1) is 6.00. The van der Waals surface area contributed by atoms with Gasteiger partial charge in [0.15, 0.2) is 5.76 Å². The maximum absolute atomic E-state index is 10.6. The van der Waals surface area contributed by atoms with Gasteiger partial charge in [0.2, 0.25) is 0 Å². The molecule has 0 amide bonds. The van der Waals surface area contributed by atoms with Gasteiger partial charge >= 0.3 is 11.8 Å². The van der Waals surface area contributed by atoms with Crippen molar-refractivity contribution in [2.45, 2.75) is 20.3 Å². The highest BCUT2D eigenvalue weighted by atomic mass is 16.6. The molecule has 0 spiro atoms. The van der Waals surface area contributed by atoms with Crippen LogP contribution in [0.5, 0.6) is 0 Å². The van der Waals surface area contributed by atoms with Gasteiger partial charge in [-0.3, -0.25) is 0 Å². The molecule has 0 unspecified atom stereocenters. The molecule has 0 bridgehead atoms. The molecule has 1 rings (SSSR count). The molecule has 1 aromatic heterocycles. The lowest BCUT2D eigenvalue weighted by Gasteiger charge is -1.98. The van der Waals surface area contributed by atoms with Crippen molar-refractivity contribution in [1.29, 1.82) is 0 Å². The van der Waals surface area contributed by atoms with E-state index in [1.807, 2.05) is 13.8 Å². The van der Waals surface area contributed by atoms with E-state index in [-0.39, 0.29) is 11.7 Å². The fourth-order valence-corrected chi connectivity index (χ4v) is 0.976. The van der Waals surface area contributed by atoms with Gasteiger partial charge in [-0.2, -0.15) is 0 Å². The quantitative estimate of drug-likeness (QED) is 0.765. The fraction of sp³-hybridized carbons (Fsp3) is 0.500. The number of hydrogen-bond acceptors (Lipinski definition) is 4. The van der Waals surface area contributed by atoms with E-state index < -0.39 is 17.6 Å². The molecule has 0 fully saturated rings. The van der Waals surface area contributed by atoms with Crippen molar-refractivity contribution in [3.63, 3.8) is 0 Å². The molecule has 0 saturated heterocycles. The summed E-state index contributed by atoms with van der Waals surface area (Å²) >= 11 is 0. The van der Waals surface area contributed by atoms with Crippen LogP contribution in [0.2, 0.25) is 0 Å². The van der Waals surface area contributed by atoms with E-state index in [4.69, 9.17) is 5.11 Å². The predicted octanol–water partition coefficient (Wildman–Crippen LogP) is 1.13. The van der Waals surface area contributed by atoms with Crippen molar-refractivity contribution < 1.29 is 18.7 Å². The number of hydrogen-bond donors (Lipinski definition) is 1. The third-order valence-corrected chi connectivity index (χ3v) is 1.43. The van der Waals surface area contributed by atoms with Crippen LogP contribution in [0, 0.1) is 5.92 Å². The predicted molar refractivity (Wildman–Crippen MR) is 42.7 cm³/mol. The van der Waals surface area contributed by atoms with Gasteiger partial charge in [-0.05, 0) is 5.92 Å². The molecule has 0 aliphatic carbocycles. The van der Waals surface area contributed by atoms with Gasteiger partial charge in [0.05, 0.1) is 0 Å². The van der Waals surface area contributed by atoms with Crippen LogP contribution in [0.25, 0.3) is 0 Å². The second-order valence-electron chi connectivity index (χ2n) is 3.11. The minimum atomic E-state index is -1.28. The monoisotopic (exact) mass is 186 g/mol. The molecule has 0 saturated carbocycles. The average molecular weight is 186 g/mol.